The molecule has 8 nitrogen and oxygen atoms in total. The summed E-state index contributed by atoms with van der Waals surface area (Å²) in [5.41, 5.74) is 9.78. The van der Waals surface area contributed by atoms with Gasteiger partial charge >= 0.3 is 5.69 Å². The number of hydrogen-bond donors (Lipinski definition) is 3. The fourth-order valence-electron chi connectivity index (χ4n) is 0.958. The lowest BCUT2D eigenvalue weighted by molar-refractivity contribution is -0.385. The average molecular weight is 260 g/mol. The minimum atomic E-state index is -0.701. The highest BCUT2D eigenvalue weighted by molar-refractivity contribution is 5.86. The van der Waals surface area contributed by atoms with E-state index in [1.54, 1.807) is 0 Å². The smallest absolute Gasteiger partial charge is 0.311 e. The van der Waals surface area contributed by atoms with Crippen molar-refractivity contribution in [2.45, 2.75) is 0 Å². The van der Waals surface area contributed by atoms with E-state index in [4.69, 9.17) is 11.5 Å². The van der Waals surface area contributed by atoms with Crippen molar-refractivity contribution in [1.82, 2.24) is 0 Å². The molecule has 1 rings (SSSR count). The van der Waals surface area contributed by atoms with Gasteiger partial charge in [-0.05, 0) is 6.07 Å². The molecule has 0 saturated heterocycles. The van der Waals surface area contributed by atoms with E-state index in [1.807, 2.05) is 0 Å². The predicted molar refractivity (Wildman–Crippen MR) is 65.4 cm³/mol. The Labute approximate surface area is 102 Å². The number of nitro benzene ring substituents is 1. The molecule has 1 aromatic carbocycles. The standard InChI is InChI=1S/C8H9N5O3.ClH/c9-8(10)12-11-4-5-2-1-3-6(7(5)14)13(15)16;/h1-4,14H,(H4,9,10,12);1H/b11-4+;. The van der Waals surface area contributed by atoms with Crippen LogP contribution in [-0.2, 0) is 0 Å². The number of phenolic OH excluding ortho intramolecular Hbond substituents is 1. The van der Waals surface area contributed by atoms with Crippen molar-refractivity contribution in [3.05, 3.63) is 33.9 Å². The number of para-hydroxylation sites is 1. The number of phenols is 1. The molecule has 0 unspecified atom stereocenters. The zero-order chi connectivity index (χ0) is 12.1. The third-order valence-electron chi connectivity index (χ3n) is 1.61. The number of nitrogens with two attached hydrogens (primary N) is 2. The molecule has 92 valence electrons. The summed E-state index contributed by atoms with van der Waals surface area (Å²) in [4.78, 5) is 9.79. The second-order valence-electron chi connectivity index (χ2n) is 2.74. The molecule has 0 atom stereocenters. The number of hydrogen-bond acceptors (Lipinski definition) is 5. The highest BCUT2D eigenvalue weighted by Crippen LogP contribution is 2.27. The van der Waals surface area contributed by atoms with Crippen LogP contribution in [0.25, 0.3) is 0 Å². The summed E-state index contributed by atoms with van der Waals surface area (Å²) in [6.07, 6.45) is 1.11. The Bertz CT molecular complexity index is 470. The van der Waals surface area contributed by atoms with Gasteiger partial charge in [0.15, 0.2) is 0 Å². The maximum absolute atomic E-state index is 10.5. The van der Waals surface area contributed by atoms with Crippen LogP contribution in [0.4, 0.5) is 5.69 Å². The van der Waals surface area contributed by atoms with Gasteiger partial charge in [0.25, 0.3) is 0 Å². The first-order valence-corrected chi connectivity index (χ1v) is 4.10. The molecule has 0 aliphatic heterocycles. The van der Waals surface area contributed by atoms with Crippen LogP contribution in [0.15, 0.2) is 28.4 Å². The number of aromatic hydroxyl groups is 1. The molecule has 0 saturated carbocycles. The lowest BCUT2D eigenvalue weighted by atomic mass is 10.2. The normalized spacial score (nSPS) is 9.65. The summed E-state index contributed by atoms with van der Waals surface area (Å²) in [5, 5.41) is 26.7. The largest absolute Gasteiger partial charge is 0.502 e. The second-order valence-corrected chi connectivity index (χ2v) is 2.74. The molecule has 0 fully saturated rings. The van der Waals surface area contributed by atoms with Crippen molar-refractivity contribution >= 4 is 30.3 Å². The van der Waals surface area contributed by atoms with Crippen molar-refractivity contribution in [1.29, 1.82) is 0 Å². The first-order valence-electron chi connectivity index (χ1n) is 4.10. The van der Waals surface area contributed by atoms with Gasteiger partial charge in [-0.25, -0.2) is 0 Å². The first-order chi connectivity index (χ1) is 7.52. The van der Waals surface area contributed by atoms with E-state index in [0.29, 0.717) is 0 Å². The molecular formula is C8H10ClN5O3. The maximum Gasteiger partial charge on any atom is 0.311 e. The van der Waals surface area contributed by atoms with Gasteiger partial charge in [0.2, 0.25) is 11.7 Å². The van der Waals surface area contributed by atoms with Gasteiger partial charge in [0.1, 0.15) is 0 Å². The Kier molecular flexibility index (Phi) is 5.41. The molecule has 0 aliphatic carbocycles. The third kappa shape index (κ3) is 3.95. The van der Waals surface area contributed by atoms with Gasteiger partial charge < -0.3 is 16.6 Å². The first kappa shape index (κ1) is 14.6. The number of benzene rings is 1. The number of nitrogens with zero attached hydrogens (tertiary/aromatic N) is 3. The Morgan fingerprint density at radius 3 is 2.65 bits per heavy atom. The topological polar surface area (TPSA) is 140 Å². The van der Waals surface area contributed by atoms with Gasteiger partial charge in [-0.3, -0.25) is 10.1 Å². The SMILES string of the molecule is Cl.NC(N)=N/N=C/c1cccc([N+](=O)[O-])c1O. The van der Waals surface area contributed by atoms with Crippen LogP contribution in [0.1, 0.15) is 5.56 Å². The highest BCUT2D eigenvalue weighted by Gasteiger charge is 2.14. The van der Waals surface area contributed by atoms with Crippen LogP contribution in [0, 0.1) is 10.1 Å². The van der Waals surface area contributed by atoms with Crippen molar-refractivity contribution in [2.75, 3.05) is 0 Å². The predicted octanol–water partition coefficient (Wildman–Crippen LogP) is 0.329. The van der Waals surface area contributed by atoms with Gasteiger partial charge in [-0.15, -0.1) is 17.5 Å². The lowest BCUT2D eigenvalue weighted by Gasteiger charge is -1.98. The molecule has 1 aromatic rings. The van der Waals surface area contributed by atoms with Crippen molar-refractivity contribution in [3.63, 3.8) is 0 Å². The summed E-state index contributed by atoms with van der Waals surface area (Å²) in [5.74, 6) is -0.733. The minimum absolute atomic E-state index is 0. The van der Waals surface area contributed by atoms with E-state index < -0.39 is 16.4 Å². The Balaban J connectivity index is 0.00000256. The number of halogens is 1. The van der Waals surface area contributed by atoms with Gasteiger partial charge in [0.05, 0.1) is 11.1 Å². The molecule has 17 heavy (non-hydrogen) atoms. The third-order valence-corrected chi connectivity index (χ3v) is 1.61. The van der Waals surface area contributed by atoms with Crippen LogP contribution >= 0.6 is 12.4 Å². The van der Waals surface area contributed by atoms with E-state index in [9.17, 15) is 15.2 Å². The average Bonchev–Trinajstić information content (AvgIpc) is 2.19. The molecule has 9 heteroatoms. The second kappa shape index (κ2) is 6.28. The molecule has 0 aromatic heterocycles. The Morgan fingerprint density at radius 2 is 2.12 bits per heavy atom. The zero-order valence-corrected chi connectivity index (χ0v) is 9.29. The quantitative estimate of drug-likeness (QED) is 0.310. The lowest BCUT2D eigenvalue weighted by Crippen LogP contribution is -2.21. The van der Waals surface area contributed by atoms with Gasteiger partial charge in [-0.1, -0.05) is 6.07 Å². The Hall–Kier alpha value is -2.35. The van der Waals surface area contributed by atoms with Gasteiger partial charge in [0, 0.05) is 11.6 Å². The monoisotopic (exact) mass is 259 g/mol. The number of rotatable bonds is 3. The number of guanidine groups is 1. The van der Waals surface area contributed by atoms with Crippen molar-refractivity contribution in [3.8, 4) is 5.75 Å². The summed E-state index contributed by atoms with van der Waals surface area (Å²) in [7, 11) is 0. The van der Waals surface area contributed by atoms with E-state index >= 15 is 0 Å². The van der Waals surface area contributed by atoms with Crippen LogP contribution < -0.4 is 11.5 Å². The fourth-order valence-corrected chi connectivity index (χ4v) is 0.958. The fraction of sp³-hybridized carbons (Fsp3) is 0. The summed E-state index contributed by atoms with van der Waals surface area (Å²) in [6, 6.07) is 4.02. The highest BCUT2D eigenvalue weighted by atomic mass is 35.5. The van der Waals surface area contributed by atoms with E-state index in [0.717, 1.165) is 6.21 Å². The Morgan fingerprint density at radius 1 is 1.47 bits per heavy atom. The molecular weight excluding hydrogens is 250 g/mol. The zero-order valence-electron chi connectivity index (χ0n) is 8.48. The maximum atomic E-state index is 10.5. The van der Waals surface area contributed by atoms with Crippen LogP contribution in [0.3, 0.4) is 0 Å². The molecule has 0 radical (unpaired) electrons. The molecule has 5 N–H and O–H groups in total. The van der Waals surface area contributed by atoms with Crippen molar-refractivity contribution < 1.29 is 10.0 Å². The molecule has 0 bridgehead atoms. The summed E-state index contributed by atoms with van der Waals surface area (Å²) < 4.78 is 0. The molecule has 0 aliphatic rings. The van der Waals surface area contributed by atoms with E-state index in [-0.39, 0.29) is 23.9 Å². The summed E-state index contributed by atoms with van der Waals surface area (Å²) >= 11 is 0. The molecule has 0 spiro atoms. The molecule has 0 amide bonds. The molecule has 0 heterocycles. The van der Waals surface area contributed by atoms with Crippen LogP contribution in [0.2, 0.25) is 0 Å². The summed E-state index contributed by atoms with van der Waals surface area (Å²) in [6.45, 7) is 0. The number of nitro groups is 1. The van der Waals surface area contributed by atoms with Crippen molar-refractivity contribution in [2.24, 2.45) is 21.7 Å². The minimum Gasteiger partial charge on any atom is -0.502 e. The van der Waals surface area contributed by atoms with Gasteiger partial charge in [-0.2, -0.15) is 5.10 Å². The van der Waals surface area contributed by atoms with E-state index in [2.05, 4.69) is 10.2 Å². The van der Waals surface area contributed by atoms with E-state index in [1.165, 1.54) is 18.2 Å². The van der Waals surface area contributed by atoms with Crippen LogP contribution in [0.5, 0.6) is 5.75 Å². The van der Waals surface area contributed by atoms with Crippen LogP contribution in [-0.4, -0.2) is 22.2 Å².